The summed E-state index contributed by atoms with van der Waals surface area (Å²) < 4.78 is 1.97. The highest BCUT2D eigenvalue weighted by atomic mass is 35.5. The SMILES string of the molecule is CCn1ccc(CN2CCN(c3ncccc3Cl)CC2)n1. The molecule has 3 rings (SSSR count). The smallest absolute Gasteiger partial charge is 0.147 e. The maximum absolute atomic E-state index is 6.21. The van der Waals surface area contributed by atoms with Crippen LogP contribution in [0.25, 0.3) is 0 Å². The predicted octanol–water partition coefficient (Wildman–Crippen LogP) is 2.27. The third-order valence-corrected chi connectivity index (χ3v) is 4.11. The van der Waals surface area contributed by atoms with E-state index in [1.165, 1.54) is 0 Å². The zero-order valence-electron chi connectivity index (χ0n) is 12.2. The second kappa shape index (κ2) is 6.45. The van der Waals surface area contributed by atoms with Crippen LogP contribution in [0.15, 0.2) is 30.6 Å². The summed E-state index contributed by atoms with van der Waals surface area (Å²) in [7, 11) is 0. The van der Waals surface area contributed by atoms with Crippen LogP contribution >= 0.6 is 11.6 Å². The standard InChI is InChI=1S/C15H20ClN5/c1-2-21-7-5-13(18-21)12-19-8-10-20(11-9-19)15-14(16)4-3-6-17-15/h3-7H,2,8-12H2,1H3. The number of rotatable bonds is 4. The molecule has 5 nitrogen and oxygen atoms in total. The number of anilines is 1. The van der Waals surface area contributed by atoms with Gasteiger partial charge in [0.15, 0.2) is 0 Å². The Balaban J connectivity index is 1.56. The third kappa shape index (κ3) is 3.36. The lowest BCUT2D eigenvalue weighted by Gasteiger charge is -2.35. The van der Waals surface area contributed by atoms with E-state index in [0.717, 1.165) is 55.8 Å². The van der Waals surface area contributed by atoms with Crippen molar-refractivity contribution in [2.45, 2.75) is 20.0 Å². The number of aromatic nitrogens is 3. The van der Waals surface area contributed by atoms with Crippen molar-refractivity contribution in [2.75, 3.05) is 31.1 Å². The average Bonchev–Trinajstić information content (AvgIpc) is 2.96. The highest BCUT2D eigenvalue weighted by molar-refractivity contribution is 6.32. The van der Waals surface area contributed by atoms with Gasteiger partial charge in [0.2, 0.25) is 0 Å². The third-order valence-electron chi connectivity index (χ3n) is 3.82. The predicted molar refractivity (Wildman–Crippen MR) is 84.6 cm³/mol. The van der Waals surface area contributed by atoms with Gasteiger partial charge in [-0.1, -0.05) is 11.6 Å². The van der Waals surface area contributed by atoms with Crippen LogP contribution in [-0.4, -0.2) is 45.8 Å². The molecule has 0 radical (unpaired) electrons. The number of aryl methyl sites for hydroxylation is 1. The molecule has 0 amide bonds. The summed E-state index contributed by atoms with van der Waals surface area (Å²) in [6.45, 7) is 7.85. The van der Waals surface area contributed by atoms with Crippen molar-refractivity contribution < 1.29 is 0 Å². The number of hydrogen-bond acceptors (Lipinski definition) is 4. The maximum atomic E-state index is 6.21. The molecule has 2 aromatic heterocycles. The van der Waals surface area contributed by atoms with Crippen LogP contribution in [0.1, 0.15) is 12.6 Å². The zero-order valence-corrected chi connectivity index (χ0v) is 13.0. The Labute approximate surface area is 130 Å². The molecule has 0 aliphatic carbocycles. The van der Waals surface area contributed by atoms with Gasteiger partial charge in [0, 0.05) is 51.7 Å². The molecule has 3 heterocycles. The number of halogens is 1. The fraction of sp³-hybridized carbons (Fsp3) is 0.467. The summed E-state index contributed by atoms with van der Waals surface area (Å²) >= 11 is 6.21. The van der Waals surface area contributed by atoms with Crippen molar-refractivity contribution in [3.63, 3.8) is 0 Å². The monoisotopic (exact) mass is 305 g/mol. The molecule has 2 aromatic rings. The summed E-state index contributed by atoms with van der Waals surface area (Å²) in [5.41, 5.74) is 1.14. The van der Waals surface area contributed by atoms with Crippen LogP contribution in [0.5, 0.6) is 0 Å². The molecular weight excluding hydrogens is 286 g/mol. The molecule has 0 atom stereocenters. The van der Waals surface area contributed by atoms with Crippen molar-refractivity contribution >= 4 is 17.4 Å². The van der Waals surface area contributed by atoms with Gasteiger partial charge in [-0.2, -0.15) is 5.10 Å². The quantitative estimate of drug-likeness (QED) is 0.868. The maximum Gasteiger partial charge on any atom is 0.147 e. The highest BCUT2D eigenvalue weighted by Crippen LogP contribution is 2.23. The summed E-state index contributed by atoms with van der Waals surface area (Å²) in [5.74, 6) is 0.897. The average molecular weight is 306 g/mol. The van der Waals surface area contributed by atoms with Gasteiger partial charge in [0.05, 0.1) is 10.7 Å². The minimum Gasteiger partial charge on any atom is -0.353 e. The minimum absolute atomic E-state index is 0.729. The first-order chi connectivity index (χ1) is 10.3. The summed E-state index contributed by atoms with van der Waals surface area (Å²) in [6.07, 6.45) is 3.84. The Morgan fingerprint density at radius 2 is 2.00 bits per heavy atom. The van der Waals surface area contributed by atoms with E-state index in [9.17, 15) is 0 Å². The Hall–Kier alpha value is -1.59. The lowest BCUT2D eigenvalue weighted by Crippen LogP contribution is -2.46. The fourth-order valence-electron chi connectivity index (χ4n) is 2.62. The number of nitrogens with zero attached hydrogens (tertiary/aromatic N) is 5. The number of hydrogen-bond donors (Lipinski definition) is 0. The van der Waals surface area contributed by atoms with Crippen LogP contribution in [0.2, 0.25) is 5.02 Å². The van der Waals surface area contributed by atoms with Crippen molar-refractivity contribution in [1.82, 2.24) is 19.7 Å². The molecular formula is C15H20ClN5. The zero-order chi connectivity index (χ0) is 14.7. The van der Waals surface area contributed by atoms with Gasteiger partial charge < -0.3 is 4.90 Å². The first-order valence-corrected chi connectivity index (χ1v) is 7.74. The summed E-state index contributed by atoms with van der Waals surface area (Å²) in [5, 5.41) is 5.27. The van der Waals surface area contributed by atoms with Crippen LogP contribution in [0.3, 0.4) is 0 Å². The van der Waals surface area contributed by atoms with Gasteiger partial charge in [-0.25, -0.2) is 4.98 Å². The van der Waals surface area contributed by atoms with E-state index in [1.807, 2.05) is 23.0 Å². The largest absolute Gasteiger partial charge is 0.353 e. The number of pyridine rings is 1. The molecule has 0 unspecified atom stereocenters. The molecule has 0 aromatic carbocycles. The van der Waals surface area contributed by atoms with E-state index in [-0.39, 0.29) is 0 Å². The molecule has 0 saturated carbocycles. The van der Waals surface area contributed by atoms with Gasteiger partial charge in [-0.3, -0.25) is 9.58 Å². The fourth-order valence-corrected chi connectivity index (χ4v) is 2.86. The normalized spacial score (nSPS) is 16.4. The molecule has 6 heteroatoms. The lowest BCUT2D eigenvalue weighted by molar-refractivity contribution is 0.246. The summed E-state index contributed by atoms with van der Waals surface area (Å²) in [6, 6.07) is 5.87. The Morgan fingerprint density at radius 3 is 2.67 bits per heavy atom. The van der Waals surface area contributed by atoms with Crippen LogP contribution in [-0.2, 0) is 13.1 Å². The van der Waals surface area contributed by atoms with Crippen molar-refractivity contribution in [3.05, 3.63) is 41.3 Å². The highest BCUT2D eigenvalue weighted by Gasteiger charge is 2.20. The Morgan fingerprint density at radius 1 is 1.19 bits per heavy atom. The van der Waals surface area contributed by atoms with Gasteiger partial charge in [0.1, 0.15) is 5.82 Å². The van der Waals surface area contributed by atoms with Gasteiger partial charge in [-0.15, -0.1) is 0 Å². The molecule has 1 aliphatic rings. The molecule has 21 heavy (non-hydrogen) atoms. The minimum atomic E-state index is 0.729. The first-order valence-electron chi connectivity index (χ1n) is 7.36. The van der Waals surface area contributed by atoms with E-state index in [2.05, 4.69) is 32.9 Å². The molecule has 0 N–H and O–H groups in total. The van der Waals surface area contributed by atoms with Gasteiger partial charge in [-0.05, 0) is 25.1 Å². The second-order valence-corrected chi connectivity index (χ2v) is 5.64. The van der Waals surface area contributed by atoms with Gasteiger partial charge >= 0.3 is 0 Å². The Bertz CT molecular complexity index is 589. The van der Waals surface area contributed by atoms with E-state index < -0.39 is 0 Å². The summed E-state index contributed by atoms with van der Waals surface area (Å²) in [4.78, 5) is 9.06. The first kappa shape index (κ1) is 14.4. The van der Waals surface area contributed by atoms with Crippen LogP contribution < -0.4 is 4.90 Å². The second-order valence-electron chi connectivity index (χ2n) is 5.23. The molecule has 0 spiro atoms. The van der Waals surface area contributed by atoms with Crippen LogP contribution in [0.4, 0.5) is 5.82 Å². The van der Waals surface area contributed by atoms with E-state index in [4.69, 9.17) is 11.6 Å². The lowest BCUT2D eigenvalue weighted by atomic mass is 10.3. The van der Waals surface area contributed by atoms with Crippen molar-refractivity contribution in [2.24, 2.45) is 0 Å². The van der Waals surface area contributed by atoms with Crippen LogP contribution in [0, 0.1) is 0 Å². The van der Waals surface area contributed by atoms with Crippen molar-refractivity contribution in [3.8, 4) is 0 Å². The van der Waals surface area contributed by atoms with Gasteiger partial charge in [0.25, 0.3) is 0 Å². The number of piperazine rings is 1. The van der Waals surface area contributed by atoms with Crippen molar-refractivity contribution in [1.29, 1.82) is 0 Å². The molecule has 0 bridgehead atoms. The molecule has 112 valence electrons. The molecule has 1 aliphatic heterocycles. The molecule has 1 saturated heterocycles. The van der Waals surface area contributed by atoms with E-state index >= 15 is 0 Å². The molecule has 1 fully saturated rings. The van der Waals surface area contributed by atoms with E-state index in [0.29, 0.717) is 0 Å². The Kier molecular flexibility index (Phi) is 4.41. The van der Waals surface area contributed by atoms with E-state index in [1.54, 1.807) is 6.20 Å². The topological polar surface area (TPSA) is 37.2 Å².